The zero-order valence-electron chi connectivity index (χ0n) is 8.62. The van der Waals surface area contributed by atoms with Crippen LogP contribution in [-0.4, -0.2) is 18.1 Å². The van der Waals surface area contributed by atoms with E-state index in [9.17, 15) is 0 Å². The molecule has 2 heteroatoms. The first-order chi connectivity index (χ1) is 6.86. The second-order valence-corrected chi connectivity index (χ2v) is 5.00. The summed E-state index contributed by atoms with van der Waals surface area (Å²) >= 11 is 2.06. The van der Waals surface area contributed by atoms with Crippen molar-refractivity contribution in [3.8, 4) is 0 Å². The van der Waals surface area contributed by atoms with Crippen molar-refractivity contribution in [2.45, 2.75) is 19.4 Å². The van der Waals surface area contributed by atoms with E-state index in [0.717, 1.165) is 6.54 Å². The normalized spacial score (nSPS) is 23.1. The first-order valence-electron chi connectivity index (χ1n) is 5.24. The molecule has 0 aromatic heterocycles. The van der Waals surface area contributed by atoms with Gasteiger partial charge in [-0.2, -0.15) is 11.8 Å². The molecule has 1 heterocycles. The molecule has 1 N–H and O–H groups in total. The van der Waals surface area contributed by atoms with Crippen LogP contribution in [0.3, 0.4) is 0 Å². The molecule has 0 radical (unpaired) electrons. The molecule has 0 aliphatic carbocycles. The predicted octanol–water partition coefficient (Wildman–Crippen LogP) is 2.76. The number of nitrogens with one attached hydrogen (secondary N) is 1. The van der Waals surface area contributed by atoms with Gasteiger partial charge in [-0.3, -0.25) is 0 Å². The summed E-state index contributed by atoms with van der Waals surface area (Å²) in [4.78, 5) is 0. The van der Waals surface area contributed by atoms with Crippen molar-refractivity contribution < 1.29 is 0 Å². The van der Waals surface area contributed by atoms with Crippen LogP contribution < -0.4 is 5.32 Å². The molecule has 1 unspecified atom stereocenters. The molecule has 1 fully saturated rings. The molecule has 1 aromatic carbocycles. The highest BCUT2D eigenvalue weighted by Crippen LogP contribution is 2.21. The summed E-state index contributed by atoms with van der Waals surface area (Å²) in [5.41, 5.74) is 2.78. The lowest BCUT2D eigenvalue weighted by Gasteiger charge is -2.15. The molecule has 2 rings (SSSR count). The zero-order valence-corrected chi connectivity index (χ0v) is 9.44. The van der Waals surface area contributed by atoms with Crippen LogP contribution >= 0.6 is 11.8 Å². The van der Waals surface area contributed by atoms with Gasteiger partial charge in [0.1, 0.15) is 0 Å². The Bertz CT molecular complexity index is 273. The lowest BCUT2D eigenvalue weighted by molar-refractivity contribution is 0.589. The molecule has 0 spiro atoms. The van der Waals surface area contributed by atoms with Crippen LogP contribution in [-0.2, 0) is 0 Å². The lowest BCUT2D eigenvalue weighted by Crippen LogP contribution is -2.22. The van der Waals surface area contributed by atoms with Crippen LogP contribution in [0.5, 0.6) is 0 Å². The Morgan fingerprint density at radius 3 is 2.86 bits per heavy atom. The molecule has 1 atom stereocenters. The Hall–Kier alpha value is -0.470. The fourth-order valence-corrected chi connectivity index (χ4v) is 2.78. The molecule has 1 aromatic rings. The highest BCUT2D eigenvalue weighted by atomic mass is 32.2. The van der Waals surface area contributed by atoms with Gasteiger partial charge in [0.05, 0.1) is 0 Å². The smallest absolute Gasteiger partial charge is 0.0411 e. The van der Waals surface area contributed by atoms with E-state index < -0.39 is 0 Å². The van der Waals surface area contributed by atoms with E-state index in [2.05, 4.69) is 48.3 Å². The SMILES string of the molecule is Cc1ccc(C2CSCCCN2)cc1. The average Bonchev–Trinajstić information content (AvgIpc) is 2.47. The maximum Gasteiger partial charge on any atom is 0.0411 e. The standard InChI is InChI=1S/C12H17NS/c1-10-3-5-11(6-4-10)12-9-14-8-2-7-13-12/h3-6,12-13H,2,7-9H2,1H3. The Morgan fingerprint density at radius 2 is 2.07 bits per heavy atom. The molecule has 76 valence electrons. The van der Waals surface area contributed by atoms with Gasteiger partial charge in [-0.15, -0.1) is 0 Å². The van der Waals surface area contributed by atoms with E-state index in [1.807, 2.05) is 0 Å². The van der Waals surface area contributed by atoms with Crippen molar-refractivity contribution in [2.75, 3.05) is 18.1 Å². The number of aryl methyl sites for hydroxylation is 1. The van der Waals surface area contributed by atoms with Gasteiger partial charge < -0.3 is 5.32 Å². The van der Waals surface area contributed by atoms with E-state index in [0.29, 0.717) is 6.04 Å². The first-order valence-corrected chi connectivity index (χ1v) is 6.39. The fourth-order valence-electron chi connectivity index (χ4n) is 1.72. The summed E-state index contributed by atoms with van der Waals surface area (Å²) in [7, 11) is 0. The van der Waals surface area contributed by atoms with Crippen molar-refractivity contribution in [1.29, 1.82) is 0 Å². The summed E-state index contributed by atoms with van der Waals surface area (Å²) in [6.07, 6.45) is 1.30. The minimum Gasteiger partial charge on any atom is -0.309 e. The van der Waals surface area contributed by atoms with Gasteiger partial charge in [0.25, 0.3) is 0 Å². The molecule has 1 saturated heterocycles. The number of thioether (sulfide) groups is 1. The molecule has 0 saturated carbocycles. The molecule has 1 aliphatic heterocycles. The van der Waals surface area contributed by atoms with Crippen molar-refractivity contribution in [1.82, 2.24) is 5.32 Å². The summed E-state index contributed by atoms with van der Waals surface area (Å²) in [6.45, 7) is 3.30. The van der Waals surface area contributed by atoms with Gasteiger partial charge in [0.2, 0.25) is 0 Å². The predicted molar refractivity (Wildman–Crippen MR) is 63.9 cm³/mol. The van der Waals surface area contributed by atoms with Crippen LogP contribution in [0.25, 0.3) is 0 Å². The molecule has 14 heavy (non-hydrogen) atoms. The maximum absolute atomic E-state index is 3.60. The van der Waals surface area contributed by atoms with E-state index in [4.69, 9.17) is 0 Å². The van der Waals surface area contributed by atoms with Gasteiger partial charge in [0, 0.05) is 11.8 Å². The van der Waals surface area contributed by atoms with Crippen LogP contribution in [0, 0.1) is 6.92 Å². The van der Waals surface area contributed by atoms with E-state index in [1.54, 1.807) is 0 Å². The van der Waals surface area contributed by atoms with Crippen LogP contribution in [0.4, 0.5) is 0 Å². The third-order valence-corrected chi connectivity index (χ3v) is 3.77. The van der Waals surface area contributed by atoms with Gasteiger partial charge >= 0.3 is 0 Å². The van der Waals surface area contributed by atoms with Gasteiger partial charge in [-0.25, -0.2) is 0 Å². The number of hydrogen-bond acceptors (Lipinski definition) is 2. The van der Waals surface area contributed by atoms with Gasteiger partial charge in [-0.05, 0) is 31.2 Å². The highest BCUT2D eigenvalue weighted by Gasteiger charge is 2.12. The summed E-state index contributed by atoms with van der Waals surface area (Å²) in [6, 6.07) is 9.46. The van der Waals surface area contributed by atoms with Gasteiger partial charge in [0.15, 0.2) is 0 Å². The van der Waals surface area contributed by atoms with Crippen LogP contribution in [0.1, 0.15) is 23.6 Å². The second-order valence-electron chi connectivity index (χ2n) is 3.85. The van der Waals surface area contributed by atoms with E-state index in [-0.39, 0.29) is 0 Å². The van der Waals surface area contributed by atoms with E-state index >= 15 is 0 Å². The van der Waals surface area contributed by atoms with E-state index in [1.165, 1.54) is 29.1 Å². The van der Waals surface area contributed by atoms with Crippen molar-refractivity contribution in [3.63, 3.8) is 0 Å². The van der Waals surface area contributed by atoms with Crippen LogP contribution in [0.2, 0.25) is 0 Å². The second kappa shape index (κ2) is 4.85. The highest BCUT2D eigenvalue weighted by molar-refractivity contribution is 7.99. The molecular formula is C12H17NS. The summed E-state index contributed by atoms with van der Waals surface area (Å²) in [5, 5.41) is 3.60. The Labute approximate surface area is 90.3 Å². The molecular weight excluding hydrogens is 190 g/mol. The maximum atomic E-state index is 3.60. The number of rotatable bonds is 1. The molecule has 0 amide bonds. The minimum absolute atomic E-state index is 0.558. The Morgan fingerprint density at radius 1 is 1.29 bits per heavy atom. The third kappa shape index (κ3) is 2.52. The van der Waals surface area contributed by atoms with Crippen molar-refractivity contribution in [3.05, 3.63) is 35.4 Å². The topological polar surface area (TPSA) is 12.0 Å². The van der Waals surface area contributed by atoms with Gasteiger partial charge in [-0.1, -0.05) is 29.8 Å². The Kier molecular flexibility index (Phi) is 3.49. The van der Waals surface area contributed by atoms with Crippen molar-refractivity contribution in [2.24, 2.45) is 0 Å². The lowest BCUT2D eigenvalue weighted by atomic mass is 10.1. The monoisotopic (exact) mass is 207 g/mol. The van der Waals surface area contributed by atoms with Crippen LogP contribution in [0.15, 0.2) is 24.3 Å². The molecule has 1 nitrogen and oxygen atoms in total. The minimum atomic E-state index is 0.558. The first kappa shape index (κ1) is 10.1. The third-order valence-electron chi connectivity index (χ3n) is 2.62. The average molecular weight is 207 g/mol. The Balaban J connectivity index is 2.08. The molecule has 0 bridgehead atoms. The quantitative estimate of drug-likeness (QED) is 0.760. The largest absolute Gasteiger partial charge is 0.309 e. The fraction of sp³-hybridized carbons (Fsp3) is 0.500. The summed E-state index contributed by atoms with van der Waals surface area (Å²) in [5.74, 6) is 2.51. The molecule has 1 aliphatic rings. The zero-order chi connectivity index (χ0) is 9.80. The number of hydrogen-bond donors (Lipinski definition) is 1. The number of benzene rings is 1. The summed E-state index contributed by atoms with van der Waals surface area (Å²) < 4.78 is 0. The van der Waals surface area contributed by atoms with Crippen molar-refractivity contribution >= 4 is 11.8 Å².